The van der Waals surface area contributed by atoms with Crippen molar-refractivity contribution in [2.24, 2.45) is 17.1 Å². The summed E-state index contributed by atoms with van der Waals surface area (Å²) in [4.78, 5) is 39.0. The number of Topliss-reactive ketones (excluding diaryl/α,β-unsaturated/α-hetero) is 1. The number of hydrogen-bond acceptors (Lipinski definition) is 13. The Labute approximate surface area is 351 Å². The molecule has 3 fully saturated rings. The van der Waals surface area contributed by atoms with E-state index in [9.17, 15) is 30.3 Å². The summed E-state index contributed by atoms with van der Waals surface area (Å²) in [6, 6.07) is 10.7. The van der Waals surface area contributed by atoms with Crippen LogP contribution in [0.15, 0.2) is 48.6 Å². The van der Waals surface area contributed by atoms with Crippen molar-refractivity contribution in [1.82, 2.24) is 14.8 Å². The summed E-state index contributed by atoms with van der Waals surface area (Å²) < 4.78 is 19.1. The molecule has 1 spiro atoms. The van der Waals surface area contributed by atoms with Gasteiger partial charge in [-0.05, 0) is 85.4 Å². The Kier molecular flexibility index (Phi) is 11.0. The molecule has 2 unspecified atom stereocenters. The second-order valence-electron chi connectivity index (χ2n) is 18.0. The first kappa shape index (κ1) is 43.1. The summed E-state index contributed by atoms with van der Waals surface area (Å²) in [6.45, 7) is 6.00. The van der Waals surface area contributed by atoms with Gasteiger partial charge < -0.3 is 41.2 Å². The molecule has 16 nitrogen and oxygen atoms in total. The maximum absolute atomic E-state index is 15.1. The van der Waals surface area contributed by atoms with Crippen LogP contribution < -0.4 is 10.6 Å². The molecule has 326 valence electrons. The number of nitrogens with zero attached hydrogens (tertiary/aromatic N) is 3. The lowest BCUT2D eigenvalue weighted by Gasteiger charge is -2.63. The summed E-state index contributed by atoms with van der Waals surface area (Å²) in [6.07, 6.45) is 5.43. The Morgan fingerprint density at radius 2 is 1.78 bits per heavy atom. The van der Waals surface area contributed by atoms with E-state index >= 15 is 4.79 Å². The van der Waals surface area contributed by atoms with E-state index in [0.29, 0.717) is 87.3 Å². The van der Waals surface area contributed by atoms with Gasteiger partial charge in [-0.2, -0.15) is 4.21 Å². The molecule has 2 aromatic carbocycles. The largest absolute Gasteiger partial charge is 0.392 e. The number of likely N-dealkylation sites (N-methyl/N-ethyl adjacent to an activating group) is 1. The molecular formula is C43H57N5O11S. The number of nitrogens with one attached hydrogen (secondary N) is 1. The minimum Gasteiger partial charge on any atom is -0.392 e. The zero-order valence-corrected chi connectivity index (χ0v) is 35.0. The third kappa shape index (κ3) is 5.88. The number of carbonyl (C=O) groups is 2. The minimum absolute atomic E-state index is 0.136. The van der Waals surface area contributed by atoms with Crippen LogP contribution in [0.2, 0.25) is 0 Å². The molecule has 5 aliphatic heterocycles. The van der Waals surface area contributed by atoms with Gasteiger partial charge in [0.25, 0.3) is 5.91 Å². The zero-order chi connectivity index (χ0) is 43.2. The van der Waals surface area contributed by atoms with Crippen molar-refractivity contribution in [3.63, 3.8) is 0 Å². The highest BCUT2D eigenvalue weighted by Gasteiger charge is 2.78. The third-order valence-corrected chi connectivity index (χ3v) is 15.6. The van der Waals surface area contributed by atoms with Crippen LogP contribution in [0.25, 0.3) is 10.9 Å². The van der Waals surface area contributed by atoms with Gasteiger partial charge in [0, 0.05) is 72.4 Å². The van der Waals surface area contributed by atoms with E-state index in [1.54, 1.807) is 0 Å². The number of ketones is 1. The van der Waals surface area contributed by atoms with Crippen LogP contribution in [0.4, 0.5) is 5.69 Å². The lowest BCUT2D eigenvalue weighted by atomic mass is 9.47. The van der Waals surface area contributed by atoms with Crippen LogP contribution >= 0.6 is 0 Å². The number of benzene rings is 2. The first-order valence-corrected chi connectivity index (χ1v) is 21.8. The number of aliphatic hydroxyl groups is 5. The molecule has 2 bridgehead atoms. The van der Waals surface area contributed by atoms with Crippen molar-refractivity contribution >= 4 is 39.6 Å². The molecule has 2 saturated heterocycles. The maximum Gasteiger partial charge on any atom is 0.330 e. The van der Waals surface area contributed by atoms with Crippen LogP contribution in [0.3, 0.4) is 0 Å². The highest BCUT2D eigenvalue weighted by Crippen LogP contribution is 2.67. The van der Waals surface area contributed by atoms with E-state index in [4.69, 9.17) is 19.8 Å². The molecule has 17 heteroatoms. The molecule has 6 aliphatic rings. The highest BCUT2D eigenvalue weighted by atomic mass is 32.2. The SMILES string of the molecule is CC[C@]1(O)C[C@H]2CN(CCc3c([nH]c4ccccc34)[C@@](C(=O)CO)(c3cc4c(cc3CO)N(C)[C@H]3[C@@](O)(C(N)=O)[C@H](O)[C@]5(CC)C=CCN6CC[C@]43[C@@H]65)C2)C1.O=S(O)OO. The lowest BCUT2D eigenvalue weighted by molar-refractivity contribution is -0.201. The quantitative estimate of drug-likeness (QED) is 0.0669. The molecule has 9 rings (SSSR count). The number of aromatic amines is 1. The predicted molar refractivity (Wildman–Crippen MR) is 222 cm³/mol. The topological polar surface area (TPSA) is 254 Å². The van der Waals surface area contributed by atoms with Gasteiger partial charge >= 0.3 is 11.4 Å². The van der Waals surface area contributed by atoms with Crippen LogP contribution in [-0.4, -0.2) is 142 Å². The van der Waals surface area contributed by atoms with Crippen molar-refractivity contribution in [3.8, 4) is 0 Å². The summed E-state index contributed by atoms with van der Waals surface area (Å²) >= 11 is -2.52. The molecule has 3 aromatic rings. The number of nitrogens with two attached hydrogens (primary N) is 1. The fraction of sp³-hybridized carbons (Fsp3) is 0.581. The zero-order valence-electron chi connectivity index (χ0n) is 34.2. The highest BCUT2D eigenvalue weighted by molar-refractivity contribution is 7.74. The second-order valence-corrected chi connectivity index (χ2v) is 18.6. The lowest BCUT2D eigenvalue weighted by Crippen LogP contribution is -2.81. The van der Waals surface area contributed by atoms with E-state index in [2.05, 4.69) is 25.2 Å². The first-order chi connectivity index (χ1) is 28.6. The fourth-order valence-electron chi connectivity index (χ4n) is 13.2. The standard InChI is InChI=1S/C43H55N5O7.H2O4S/c1-4-39(54)19-25-20-42(33(51)23-50,34-28(11-15-47(21-25)24-39)27-9-6-7-10-31(27)45-34)29-18-30-32(17-26(29)22-49)46(3)36-41(30)13-16-48-14-8-12-40(5-2,35(41)48)37(52)43(36,55)38(44)53;1-4-5(2)3/h6-10,12,17-18,25,35-37,45,49-50,52,54-55H,4-5,11,13-16,19-24H2,1-3H3,(H2,44,53);1H,(H,2,3)/t25-,35+,36-,37-,39+,40-,41-,42-,43+;/m1./s1. The Balaban J connectivity index is 0.000000943. The molecule has 6 heterocycles. The average Bonchev–Trinajstić information content (AvgIpc) is 3.90. The molecular weight excluding hydrogens is 795 g/mol. The Hall–Kier alpha value is -3.59. The number of anilines is 1. The van der Waals surface area contributed by atoms with Crippen molar-refractivity contribution < 1.29 is 53.5 Å². The van der Waals surface area contributed by atoms with E-state index in [1.165, 1.54) is 0 Å². The van der Waals surface area contributed by atoms with Gasteiger partial charge in [-0.3, -0.25) is 23.9 Å². The summed E-state index contributed by atoms with van der Waals surface area (Å²) in [5, 5.41) is 67.3. The van der Waals surface area contributed by atoms with Crippen molar-refractivity contribution in [3.05, 3.63) is 76.5 Å². The fourth-order valence-corrected chi connectivity index (χ4v) is 13.2. The molecule has 10 N–H and O–H groups in total. The minimum atomic E-state index is -2.52. The number of amides is 1. The number of piperidine rings is 1. The maximum atomic E-state index is 15.1. The first-order valence-electron chi connectivity index (χ1n) is 20.8. The Morgan fingerprint density at radius 3 is 2.43 bits per heavy atom. The number of para-hydroxylation sites is 1. The van der Waals surface area contributed by atoms with E-state index in [1.807, 2.05) is 68.3 Å². The Bertz CT molecular complexity index is 2250. The number of fused-ring (bicyclic) bond motifs is 6. The molecule has 1 saturated carbocycles. The van der Waals surface area contributed by atoms with Gasteiger partial charge in [-0.1, -0.05) is 50.3 Å². The molecule has 60 heavy (non-hydrogen) atoms. The molecule has 11 atom stereocenters. The van der Waals surface area contributed by atoms with Gasteiger partial charge in [0.15, 0.2) is 11.4 Å². The summed E-state index contributed by atoms with van der Waals surface area (Å²) in [5.41, 5.74) is 4.62. The number of hydrogen-bond donors (Lipinski definition) is 9. The van der Waals surface area contributed by atoms with Crippen molar-refractivity contribution in [1.29, 1.82) is 0 Å². The average molecular weight is 852 g/mol. The monoisotopic (exact) mass is 851 g/mol. The summed E-state index contributed by atoms with van der Waals surface area (Å²) in [7, 11) is 1.81. The molecule has 0 radical (unpaired) electrons. The van der Waals surface area contributed by atoms with E-state index in [0.717, 1.165) is 22.0 Å². The number of rotatable bonds is 8. The van der Waals surface area contributed by atoms with E-state index in [-0.39, 0.29) is 18.4 Å². The third-order valence-electron chi connectivity index (χ3n) is 15.5. The van der Waals surface area contributed by atoms with Crippen LogP contribution in [0, 0.1) is 11.3 Å². The van der Waals surface area contributed by atoms with Crippen LogP contribution in [0.1, 0.15) is 73.9 Å². The number of carbonyl (C=O) groups excluding carboxylic acids is 2. The molecule has 1 aromatic heterocycles. The van der Waals surface area contributed by atoms with Gasteiger partial charge in [-0.15, -0.1) is 4.33 Å². The summed E-state index contributed by atoms with van der Waals surface area (Å²) in [5.74, 6) is -1.53. The van der Waals surface area contributed by atoms with Crippen molar-refractivity contribution in [2.75, 3.05) is 51.3 Å². The normalized spacial score (nSPS) is 37.1. The van der Waals surface area contributed by atoms with Gasteiger partial charge in [0.05, 0.1) is 23.7 Å². The van der Waals surface area contributed by atoms with Gasteiger partial charge in [-0.25, -0.2) is 5.26 Å². The molecule has 1 aliphatic carbocycles. The Morgan fingerprint density at radius 1 is 1.05 bits per heavy atom. The predicted octanol–water partition coefficient (Wildman–Crippen LogP) is 1.22. The number of primary amides is 1. The van der Waals surface area contributed by atoms with Crippen LogP contribution in [0.5, 0.6) is 0 Å². The molecule has 1 amide bonds. The second kappa shape index (κ2) is 15.3. The number of aliphatic hydroxyl groups excluding tert-OH is 3. The smallest absolute Gasteiger partial charge is 0.330 e. The van der Waals surface area contributed by atoms with Gasteiger partial charge in [0.1, 0.15) is 12.7 Å². The van der Waals surface area contributed by atoms with Crippen LogP contribution in [-0.2, 0) is 49.1 Å². The van der Waals surface area contributed by atoms with E-state index < -0.39 is 75.9 Å². The van der Waals surface area contributed by atoms with Crippen molar-refractivity contribution in [2.45, 2.75) is 99.2 Å². The van der Waals surface area contributed by atoms with Gasteiger partial charge in [0.2, 0.25) is 0 Å². The number of aromatic nitrogens is 1. The number of H-pyrrole nitrogens is 1.